The van der Waals surface area contributed by atoms with Gasteiger partial charge in [0.05, 0.1) is 0 Å². The van der Waals surface area contributed by atoms with Crippen LogP contribution in [0.2, 0.25) is 0 Å². The Morgan fingerprint density at radius 3 is 2.62 bits per heavy atom. The molecule has 0 unspecified atom stereocenters. The largest absolute Gasteiger partial charge is 0.373 e. The van der Waals surface area contributed by atoms with Crippen LogP contribution in [0, 0.1) is 6.92 Å². The van der Waals surface area contributed by atoms with Gasteiger partial charge in [0.1, 0.15) is 0 Å². The minimum Gasteiger partial charge on any atom is -0.373 e. The van der Waals surface area contributed by atoms with E-state index in [4.69, 9.17) is 0 Å². The minimum atomic E-state index is 0.189. The quantitative estimate of drug-likeness (QED) is 0.845. The molecule has 0 saturated carbocycles. The normalized spacial score (nSPS) is 11.6. The van der Waals surface area contributed by atoms with E-state index >= 15 is 0 Å². The Hall–Kier alpha value is -1.09. The highest BCUT2D eigenvalue weighted by Crippen LogP contribution is 2.11. The number of pyridine rings is 1. The van der Waals surface area contributed by atoms with Crippen LogP contribution in [0.1, 0.15) is 26.5 Å². The first-order chi connectivity index (χ1) is 7.38. The molecule has 90 valence electrons. The molecule has 0 bridgehead atoms. The first-order valence-electron chi connectivity index (χ1n) is 5.77. The van der Waals surface area contributed by atoms with Crippen LogP contribution in [0.5, 0.6) is 0 Å². The van der Waals surface area contributed by atoms with E-state index in [1.807, 2.05) is 19.2 Å². The Bertz CT molecular complexity index is 328. The van der Waals surface area contributed by atoms with Gasteiger partial charge in [0.15, 0.2) is 0 Å². The van der Waals surface area contributed by atoms with Gasteiger partial charge in [0.25, 0.3) is 0 Å². The molecule has 0 spiro atoms. The molecule has 1 N–H and O–H groups in total. The number of nitrogens with zero attached hydrogens (tertiary/aromatic N) is 2. The summed E-state index contributed by atoms with van der Waals surface area (Å²) in [5.74, 6) is 0. The van der Waals surface area contributed by atoms with Crippen LogP contribution in [-0.2, 0) is 0 Å². The number of hydrogen-bond donors (Lipinski definition) is 1. The van der Waals surface area contributed by atoms with Crippen molar-refractivity contribution in [3.63, 3.8) is 0 Å². The van der Waals surface area contributed by atoms with E-state index in [0.717, 1.165) is 18.8 Å². The fourth-order valence-corrected chi connectivity index (χ4v) is 1.50. The summed E-state index contributed by atoms with van der Waals surface area (Å²) in [5, 5.41) is 3.48. The van der Waals surface area contributed by atoms with Gasteiger partial charge < -0.3 is 10.2 Å². The standard InChI is InChI=1S/C13H23N3/c1-11-10-12(6-7-14-11)16(5)9-8-15-13(2,3)4/h6-7,10,15H,8-9H2,1-5H3. The molecule has 16 heavy (non-hydrogen) atoms. The second kappa shape index (κ2) is 5.30. The molecule has 1 heterocycles. The third-order valence-corrected chi connectivity index (χ3v) is 2.42. The van der Waals surface area contributed by atoms with Crippen LogP contribution < -0.4 is 10.2 Å². The number of anilines is 1. The van der Waals surface area contributed by atoms with E-state index in [1.165, 1.54) is 5.69 Å². The van der Waals surface area contributed by atoms with E-state index in [2.05, 4.69) is 49.1 Å². The van der Waals surface area contributed by atoms with Crippen LogP contribution >= 0.6 is 0 Å². The van der Waals surface area contributed by atoms with E-state index in [-0.39, 0.29) is 5.54 Å². The van der Waals surface area contributed by atoms with Gasteiger partial charge in [0, 0.05) is 43.3 Å². The molecule has 0 aromatic carbocycles. The van der Waals surface area contributed by atoms with Crippen molar-refractivity contribution < 1.29 is 0 Å². The molecule has 0 saturated heterocycles. The number of aromatic nitrogens is 1. The van der Waals surface area contributed by atoms with Crippen molar-refractivity contribution in [2.75, 3.05) is 25.0 Å². The monoisotopic (exact) mass is 221 g/mol. The van der Waals surface area contributed by atoms with Crippen LogP contribution in [0.25, 0.3) is 0 Å². The Kier molecular flexibility index (Phi) is 4.30. The average Bonchev–Trinajstić information content (AvgIpc) is 2.15. The zero-order valence-corrected chi connectivity index (χ0v) is 11.0. The highest BCUT2D eigenvalue weighted by molar-refractivity contribution is 5.45. The molecule has 1 rings (SSSR count). The summed E-state index contributed by atoms with van der Waals surface area (Å²) in [6, 6.07) is 4.15. The minimum absolute atomic E-state index is 0.189. The van der Waals surface area contributed by atoms with Gasteiger partial charge in [-0.2, -0.15) is 0 Å². The first kappa shape index (κ1) is 13.0. The maximum atomic E-state index is 4.20. The second-order valence-corrected chi connectivity index (χ2v) is 5.25. The zero-order valence-electron chi connectivity index (χ0n) is 11.0. The summed E-state index contributed by atoms with van der Waals surface area (Å²) in [5.41, 5.74) is 2.48. The van der Waals surface area contributed by atoms with Crippen molar-refractivity contribution in [2.45, 2.75) is 33.2 Å². The molecule has 0 aliphatic heterocycles. The van der Waals surface area contributed by atoms with E-state index < -0.39 is 0 Å². The maximum Gasteiger partial charge on any atom is 0.0397 e. The number of nitrogens with one attached hydrogen (secondary N) is 1. The van der Waals surface area contributed by atoms with Gasteiger partial charge in [-0.3, -0.25) is 4.98 Å². The van der Waals surface area contributed by atoms with Gasteiger partial charge in [0.2, 0.25) is 0 Å². The van der Waals surface area contributed by atoms with Gasteiger partial charge in [-0.1, -0.05) is 0 Å². The summed E-state index contributed by atoms with van der Waals surface area (Å²) < 4.78 is 0. The Morgan fingerprint density at radius 2 is 2.06 bits per heavy atom. The highest BCUT2D eigenvalue weighted by atomic mass is 15.1. The lowest BCUT2D eigenvalue weighted by atomic mass is 10.1. The fraction of sp³-hybridized carbons (Fsp3) is 0.615. The molecule has 0 amide bonds. The van der Waals surface area contributed by atoms with Crippen molar-refractivity contribution in [1.82, 2.24) is 10.3 Å². The molecule has 0 atom stereocenters. The van der Waals surface area contributed by atoms with Crippen LogP contribution in [0.4, 0.5) is 5.69 Å². The molecule has 1 aromatic heterocycles. The predicted octanol–water partition coefficient (Wildman–Crippen LogP) is 2.21. The molecule has 0 fully saturated rings. The number of aryl methyl sites for hydroxylation is 1. The van der Waals surface area contributed by atoms with Crippen molar-refractivity contribution in [3.05, 3.63) is 24.0 Å². The average molecular weight is 221 g/mol. The molecule has 1 aromatic rings. The molecule has 0 aliphatic carbocycles. The third-order valence-electron chi connectivity index (χ3n) is 2.42. The van der Waals surface area contributed by atoms with Crippen LogP contribution in [0.15, 0.2) is 18.3 Å². The summed E-state index contributed by atoms with van der Waals surface area (Å²) >= 11 is 0. The summed E-state index contributed by atoms with van der Waals surface area (Å²) in [6.07, 6.45) is 1.86. The Morgan fingerprint density at radius 1 is 1.38 bits per heavy atom. The van der Waals surface area contributed by atoms with E-state index in [0.29, 0.717) is 0 Å². The van der Waals surface area contributed by atoms with Crippen molar-refractivity contribution in [1.29, 1.82) is 0 Å². The molecule has 3 nitrogen and oxygen atoms in total. The van der Waals surface area contributed by atoms with E-state index in [1.54, 1.807) is 0 Å². The SMILES string of the molecule is Cc1cc(N(C)CCNC(C)(C)C)ccn1. The number of rotatable bonds is 4. The van der Waals surface area contributed by atoms with Crippen LogP contribution in [-0.4, -0.2) is 30.7 Å². The molecular formula is C13H23N3. The topological polar surface area (TPSA) is 28.2 Å². The summed E-state index contributed by atoms with van der Waals surface area (Å²) in [7, 11) is 2.11. The van der Waals surface area contributed by atoms with Crippen molar-refractivity contribution in [3.8, 4) is 0 Å². The Balaban J connectivity index is 2.44. The third kappa shape index (κ3) is 4.62. The lowest BCUT2D eigenvalue weighted by Crippen LogP contribution is -2.40. The first-order valence-corrected chi connectivity index (χ1v) is 5.77. The summed E-state index contributed by atoms with van der Waals surface area (Å²) in [4.78, 5) is 6.44. The van der Waals surface area contributed by atoms with Gasteiger partial charge in [-0.15, -0.1) is 0 Å². The highest BCUT2D eigenvalue weighted by Gasteiger charge is 2.08. The van der Waals surface area contributed by atoms with Crippen molar-refractivity contribution in [2.24, 2.45) is 0 Å². The molecule has 0 aliphatic rings. The smallest absolute Gasteiger partial charge is 0.0397 e. The lowest BCUT2D eigenvalue weighted by Gasteiger charge is -2.24. The molecule has 0 radical (unpaired) electrons. The fourth-order valence-electron chi connectivity index (χ4n) is 1.50. The van der Waals surface area contributed by atoms with Crippen LogP contribution in [0.3, 0.4) is 0 Å². The zero-order chi connectivity index (χ0) is 12.2. The van der Waals surface area contributed by atoms with Gasteiger partial charge in [-0.25, -0.2) is 0 Å². The van der Waals surface area contributed by atoms with Gasteiger partial charge >= 0.3 is 0 Å². The second-order valence-electron chi connectivity index (χ2n) is 5.25. The summed E-state index contributed by atoms with van der Waals surface area (Å²) in [6.45, 7) is 10.6. The van der Waals surface area contributed by atoms with E-state index in [9.17, 15) is 0 Å². The predicted molar refractivity (Wildman–Crippen MR) is 70.0 cm³/mol. The number of hydrogen-bond acceptors (Lipinski definition) is 3. The lowest BCUT2D eigenvalue weighted by molar-refractivity contribution is 0.431. The molecular weight excluding hydrogens is 198 g/mol. The number of likely N-dealkylation sites (N-methyl/N-ethyl adjacent to an activating group) is 1. The van der Waals surface area contributed by atoms with Gasteiger partial charge in [-0.05, 0) is 39.8 Å². The maximum absolute atomic E-state index is 4.20. The Labute approximate surface area is 98.9 Å². The molecule has 3 heteroatoms. The van der Waals surface area contributed by atoms with Crippen molar-refractivity contribution >= 4 is 5.69 Å².